The summed E-state index contributed by atoms with van der Waals surface area (Å²) in [5.74, 6) is -1.29. The van der Waals surface area contributed by atoms with Crippen molar-refractivity contribution in [1.29, 1.82) is 0 Å². The predicted molar refractivity (Wildman–Crippen MR) is 95.4 cm³/mol. The van der Waals surface area contributed by atoms with Crippen LogP contribution >= 0.6 is 0 Å². The Bertz CT molecular complexity index is 1240. The smallest absolute Gasteiger partial charge is 0.420 e. The lowest BCUT2D eigenvalue weighted by Crippen LogP contribution is -2.15. The SMILES string of the molecule is O=C(Nc1ccc(OC(F)F)c(C(F)(F)F)c1)c1ccc2cc(-c3nn[nH]n3)oc2c1. The minimum Gasteiger partial charge on any atom is -0.453 e. The fourth-order valence-corrected chi connectivity index (χ4v) is 2.78. The third-order valence-corrected chi connectivity index (χ3v) is 4.11. The molecule has 0 spiro atoms. The van der Waals surface area contributed by atoms with E-state index in [9.17, 15) is 26.7 Å². The molecule has 0 aliphatic heterocycles. The van der Waals surface area contributed by atoms with Gasteiger partial charge in [0, 0.05) is 16.6 Å². The Morgan fingerprint density at radius 3 is 2.61 bits per heavy atom. The third-order valence-electron chi connectivity index (χ3n) is 4.11. The number of aromatic nitrogens is 4. The van der Waals surface area contributed by atoms with Gasteiger partial charge in [-0.05, 0) is 41.6 Å². The van der Waals surface area contributed by atoms with Crippen LogP contribution < -0.4 is 10.1 Å². The molecule has 0 bridgehead atoms. The number of fused-ring (bicyclic) bond motifs is 1. The van der Waals surface area contributed by atoms with Gasteiger partial charge in [0.2, 0.25) is 5.82 Å². The van der Waals surface area contributed by atoms with Gasteiger partial charge in [-0.1, -0.05) is 6.07 Å². The summed E-state index contributed by atoms with van der Waals surface area (Å²) in [6.45, 7) is -3.43. The van der Waals surface area contributed by atoms with E-state index in [1.54, 1.807) is 12.1 Å². The van der Waals surface area contributed by atoms with Crippen LogP contribution in [-0.4, -0.2) is 33.1 Å². The van der Waals surface area contributed by atoms with E-state index < -0.39 is 30.0 Å². The molecule has 0 saturated carbocycles. The molecule has 0 fully saturated rings. The van der Waals surface area contributed by atoms with Crippen molar-refractivity contribution in [3.05, 3.63) is 53.6 Å². The quantitative estimate of drug-likeness (QED) is 0.444. The lowest BCUT2D eigenvalue weighted by molar-refractivity contribution is -0.141. The summed E-state index contributed by atoms with van der Waals surface area (Å²) >= 11 is 0. The number of ether oxygens (including phenoxy) is 1. The number of nitrogens with zero attached hydrogens (tertiary/aromatic N) is 3. The van der Waals surface area contributed by atoms with Gasteiger partial charge in [-0.3, -0.25) is 4.79 Å². The average Bonchev–Trinajstić information content (AvgIpc) is 3.36. The lowest BCUT2D eigenvalue weighted by Gasteiger charge is -2.15. The van der Waals surface area contributed by atoms with Crippen molar-refractivity contribution < 1.29 is 35.9 Å². The molecule has 0 unspecified atom stereocenters. The zero-order valence-electron chi connectivity index (χ0n) is 15.1. The maximum Gasteiger partial charge on any atom is 0.420 e. The molecule has 4 rings (SSSR count). The number of carbonyl (C=O) groups is 1. The second kappa shape index (κ2) is 7.66. The first kappa shape index (κ1) is 20.3. The summed E-state index contributed by atoms with van der Waals surface area (Å²) in [5, 5.41) is 16.2. The number of tetrazole rings is 1. The summed E-state index contributed by atoms with van der Waals surface area (Å²) in [6, 6.07) is 8.24. The fraction of sp³-hybridized carbons (Fsp3) is 0.111. The highest BCUT2D eigenvalue weighted by molar-refractivity contribution is 6.06. The lowest BCUT2D eigenvalue weighted by atomic mass is 10.1. The monoisotopic (exact) mass is 439 g/mol. The highest BCUT2D eigenvalue weighted by Crippen LogP contribution is 2.38. The number of halogens is 5. The fourth-order valence-electron chi connectivity index (χ4n) is 2.78. The Morgan fingerprint density at radius 2 is 1.94 bits per heavy atom. The van der Waals surface area contributed by atoms with Crippen LogP contribution in [0.25, 0.3) is 22.6 Å². The van der Waals surface area contributed by atoms with Crippen LogP contribution in [0, 0.1) is 0 Å². The maximum absolute atomic E-state index is 13.2. The van der Waals surface area contributed by atoms with E-state index in [0.717, 1.165) is 6.07 Å². The molecule has 0 aliphatic carbocycles. The van der Waals surface area contributed by atoms with Gasteiger partial charge in [-0.15, -0.1) is 10.2 Å². The molecule has 2 aromatic carbocycles. The summed E-state index contributed by atoms with van der Waals surface area (Å²) in [4.78, 5) is 12.5. The average molecular weight is 439 g/mol. The minimum absolute atomic E-state index is 0.0861. The summed E-state index contributed by atoms with van der Waals surface area (Å²) in [5.41, 5.74) is -1.31. The topological polar surface area (TPSA) is 106 Å². The maximum atomic E-state index is 13.2. The van der Waals surface area contributed by atoms with Crippen molar-refractivity contribution in [2.24, 2.45) is 0 Å². The molecule has 0 radical (unpaired) electrons. The number of hydrogen-bond acceptors (Lipinski definition) is 6. The molecule has 0 atom stereocenters. The zero-order chi connectivity index (χ0) is 22.2. The number of benzene rings is 2. The molecule has 160 valence electrons. The zero-order valence-corrected chi connectivity index (χ0v) is 15.1. The Labute approximate surface area is 169 Å². The molecule has 8 nitrogen and oxygen atoms in total. The van der Waals surface area contributed by atoms with Crippen LogP contribution in [0.5, 0.6) is 5.75 Å². The molecule has 0 saturated heterocycles. The van der Waals surface area contributed by atoms with Gasteiger partial charge in [0.25, 0.3) is 5.91 Å². The Balaban J connectivity index is 1.59. The van der Waals surface area contributed by atoms with Gasteiger partial charge in [0.05, 0.1) is 5.56 Å². The van der Waals surface area contributed by atoms with Crippen molar-refractivity contribution in [2.75, 3.05) is 5.32 Å². The van der Waals surface area contributed by atoms with Crippen LogP contribution in [0.2, 0.25) is 0 Å². The van der Waals surface area contributed by atoms with Gasteiger partial charge in [0.15, 0.2) is 5.76 Å². The summed E-state index contributed by atoms with van der Waals surface area (Å²) < 4.78 is 73.7. The first-order chi connectivity index (χ1) is 14.7. The van der Waals surface area contributed by atoms with Crippen molar-refractivity contribution in [3.8, 4) is 17.3 Å². The van der Waals surface area contributed by atoms with Gasteiger partial charge in [0.1, 0.15) is 11.3 Å². The molecule has 2 heterocycles. The number of nitrogens with one attached hydrogen (secondary N) is 2. The number of carbonyl (C=O) groups excluding carboxylic acids is 1. The van der Waals surface area contributed by atoms with Crippen LogP contribution in [-0.2, 0) is 6.18 Å². The van der Waals surface area contributed by atoms with Crippen molar-refractivity contribution >= 4 is 22.6 Å². The highest BCUT2D eigenvalue weighted by Gasteiger charge is 2.35. The van der Waals surface area contributed by atoms with Gasteiger partial charge in [-0.25, -0.2) is 0 Å². The number of amides is 1. The standard InChI is InChI=1S/C18H10F5N5O3/c19-17(20)31-12-4-3-10(7-11(12)18(21,22)23)24-16(29)9-2-1-8-5-14(30-13(8)6-9)15-25-27-28-26-15/h1-7,17H,(H,24,29)(H,25,26,27,28). The third kappa shape index (κ3) is 4.29. The number of hydrogen-bond donors (Lipinski definition) is 2. The second-order valence-corrected chi connectivity index (χ2v) is 6.14. The van der Waals surface area contributed by atoms with E-state index in [0.29, 0.717) is 28.9 Å². The van der Waals surface area contributed by atoms with E-state index in [1.165, 1.54) is 12.1 Å². The van der Waals surface area contributed by atoms with Crippen LogP contribution in [0.1, 0.15) is 15.9 Å². The number of rotatable bonds is 5. The van der Waals surface area contributed by atoms with E-state index in [-0.39, 0.29) is 17.1 Å². The normalized spacial score (nSPS) is 11.8. The highest BCUT2D eigenvalue weighted by atomic mass is 19.4. The van der Waals surface area contributed by atoms with Crippen LogP contribution in [0.3, 0.4) is 0 Å². The van der Waals surface area contributed by atoms with E-state index >= 15 is 0 Å². The Hall–Kier alpha value is -4.03. The van der Waals surface area contributed by atoms with Gasteiger partial charge < -0.3 is 14.5 Å². The molecule has 31 heavy (non-hydrogen) atoms. The van der Waals surface area contributed by atoms with E-state index in [4.69, 9.17) is 4.42 Å². The minimum atomic E-state index is -4.97. The summed E-state index contributed by atoms with van der Waals surface area (Å²) in [7, 11) is 0. The number of alkyl halides is 5. The Kier molecular flexibility index (Phi) is 5.01. The number of furan rings is 1. The van der Waals surface area contributed by atoms with Gasteiger partial charge in [-0.2, -0.15) is 27.2 Å². The van der Waals surface area contributed by atoms with E-state index in [1.807, 2.05) is 0 Å². The van der Waals surface area contributed by atoms with Gasteiger partial charge >= 0.3 is 12.8 Å². The molecular weight excluding hydrogens is 429 g/mol. The largest absolute Gasteiger partial charge is 0.453 e. The molecule has 2 aromatic heterocycles. The molecule has 0 aliphatic rings. The van der Waals surface area contributed by atoms with E-state index in [2.05, 4.69) is 30.7 Å². The molecular formula is C18H10F5N5O3. The second-order valence-electron chi connectivity index (χ2n) is 6.14. The molecule has 1 amide bonds. The first-order valence-corrected chi connectivity index (χ1v) is 8.45. The molecule has 13 heteroatoms. The Morgan fingerprint density at radius 1 is 1.13 bits per heavy atom. The van der Waals surface area contributed by atoms with Crippen molar-refractivity contribution in [2.45, 2.75) is 12.8 Å². The van der Waals surface area contributed by atoms with Crippen LogP contribution in [0.4, 0.5) is 27.6 Å². The van der Waals surface area contributed by atoms with Crippen molar-refractivity contribution in [3.63, 3.8) is 0 Å². The number of aromatic amines is 1. The summed E-state index contributed by atoms with van der Waals surface area (Å²) in [6.07, 6.45) is -4.97. The predicted octanol–water partition coefficient (Wildman–Crippen LogP) is 4.49. The molecule has 2 N–H and O–H groups in total. The van der Waals surface area contributed by atoms with Crippen molar-refractivity contribution in [1.82, 2.24) is 20.6 Å². The molecule has 4 aromatic rings. The first-order valence-electron chi connectivity index (χ1n) is 8.45. The number of anilines is 1. The number of H-pyrrole nitrogens is 1. The van der Waals surface area contributed by atoms with Crippen LogP contribution in [0.15, 0.2) is 46.9 Å².